The summed E-state index contributed by atoms with van der Waals surface area (Å²) in [4.78, 5) is 12.0. The van der Waals surface area contributed by atoms with Crippen LogP contribution in [0.1, 0.15) is 29.2 Å². The highest BCUT2D eigenvalue weighted by molar-refractivity contribution is 6.00. The van der Waals surface area contributed by atoms with Crippen molar-refractivity contribution in [2.45, 2.75) is 27.2 Å². The summed E-state index contributed by atoms with van der Waals surface area (Å²) in [6.07, 6.45) is 0.285. The molecule has 2 rings (SSSR count). The van der Waals surface area contributed by atoms with Crippen LogP contribution in [0.4, 0.5) is 0 Å². The third kappa shape index (κ3) is 4.68. The molecule has 0 saturated carbocycles. The maximum absolute atomic E-state index is 12.0. The molecule has 0 bridgehead atoms. The van der Waals surface area contributed by atoms with E-state index in [2.05, 4.69) is 23.5 Å². The van der Waals surface area contributed by atoms with E-state index < -0.39 is 0 Å². The number of ether oxygens (including phenoxy) is 1. The van der Waals surface area contributed by atoms with Crippen LogP contribution >= 0.6 is 0 Å². The van der Waals surface area contributed by atoms with Crippen molar-refractivity contribution in [1.29, 1.82) is 0 Å². The number of carbonyl (C=O) groups is 1. The van der Waals surface area contributed by atoms with Crippen molar-refractivity contribution in [3.63, 3.8) is 0 Å². The van der Waals surface area contributed by atoms with E-state index in [0.717, 1.165) is 28.2 Å². The van der Waals surface area contributed by atoms with Crippen LogP contribution in [0.2, 0.25) is 0 Å². The largest absolute Gasteiger partial charge is 0.497 e. The molecule has 4 heteroatoms. The SMILES string of the molecule is COc1ccc(CC(=O)N/N=C(/C)c2ccc(C)cc2C)cc1. The molecule has 0 aliphatic carbocycles. The average molecular weight is 310 g/mol. The second-order valence-electron chi connectivity index (χ2n) is 5.58. The van der Waals surface area contributed by atoms with Crippen LogP contribution < -0.4 is 10.2 Å². The van der Waals surface area contributed by atoms with Crippen molar-refractivity contribution in [2.24, 2.45) is 5.10 Å². The Balaban J connectivity index is 1.99. The van der Waals surface area contributed by atoms with Gasteiger partial charge >= 0.3 is 0 Å². The minimum absolute atomic E-state index is 0.140. The van der Waals surface area contributed by atoms with Gasteiger partial charge in [-0.3, -0.25) is 4.79 Å². The van der Waals surface area contributed by atoms with E-state index in [9.17, 15) is 4.79 Å². The third-order valence-corrected chi connectivity index (χ3v) is 3.64. The Labute approximate surface area is 137 Å². The number of aryl methyl sites for hydroxylation is 2. The summed E-state index contributed by atoms with van der Waals surface area (Å²) in [6.45, 7) is 5.99. The highest BCUT2D eigenvalue weighted by Gasteiger charge is 2.05. The van der Waals surface area contributed by atoms with Crippen LogP contribution in [0.3, 0.4) is 0 Å². The third-order valence-electron chi connectivity index (χ3n) is 3.64. The van der Waals surface area contributed by atoms with E-state index in [0.29, 0.717) is 0 Å². The summed E-state index contributed by atoms with van der Waals surface area (Å²) in [7, 11) is 1.62. The minimum atomic E-state index is -0.140. The molecule has 0 fully saturated rings. The zero-order valence-electron chi connectivity index (χ0n) is 14.0. The van der Waals surface area contributed by atoms with Gasteiger partial charge in [0.15, 0.2) is 0 Å². The van der Waals surface area contributed by atoms with Gasteiger partial charge in [-0.25, -0.2) is 5.43 Å². The van der Waals surface area contributed by atoms with E-state index in [1.54, 1.807) is 7.11 Å². The van der Waals surface area contributed by atoms with Crippen LogP contribution in [0, 0.1) is 13.8 Å². The predicted octanol–water partition coefficient (Wildman–Crippen LogP) is 3.39. The maximum atomic E-state index is 12.0. The van der Waals surface area contributed by atoms with Crippen LogP contribution in [-0.2, 0) is 11.2 Å². The first-order chi connectivity index (χ1) is 11.0. The van der Waals surface area contributed by atoms with E-state index in [1.807, 2.05) is 50.2 Å². The molecular formula is C19H22N2O2. The maximum Gasteiger partial charge on any atom is 0.244 e. The molecule has 0 saturated heterocycles. The molecule has 0 atom stereocenters. The Bertz CT molecular complexity index is 719. The van der Waals surface area contributed by atoms with Gasteiger partial charge in [-0.15, -0.1) is 0 Å². The van der Waals surface area contributed by atoms with Crippen molar-refractivity contribution in [3.8, 4) is 5.75 Å². The lowest BCUT2D eigenvalue weighted by atomic mass is 10.0. The Hall–Kier alpha value is -2.62. The Morgan fingerprint density at radius 1 is 1.13 bits per heavy atom. The van der Waals surface area contributed by atoms with Gasteiger partial charge in [-0.1, -0.05) is 35.9 Å². The lowest BCUT2D eigenvalue weighted by Crippen LogP contribution is -2.21. The molecule has 0 aliphatic rings. The molecule has 23 heavy (non-hydrogen) atoms. The van der Waals surface area contributed by atoms with Crippen molar-refractivity contribution < 1.29 is 9.53 Å². The topological polar surface area (TPSA) is 50.7 Å². The molecule has 0 spiro atoms. The highest BCUT2D eigenvalue weighted by atomic mass is 16.5. The summed E-state index contributed by atoms with van der Waals surface area (Å²) >= 11 is 0. The molecule has 1 amide bonds. The number of methoxy groups -OCH3 is 1. The van der Waals surface area contributed by atoms with E-state index in [1.165, 1.54) is 5.56 Å². The lowest BCUT2D eigenvalue weighted by molar-refractivity contribution is -0.120. The molecule has 4 nitrogen and oxygen atoms in total. The Kier molecular flexibility index (Phi) is 5.52. The van der Waals surface area contributed by atoms with Gasteiger partial charge in [-0.05, 0) is 44.0 Å². The van der Waals surface area contributed by atoms with E-state index in [-0.39, 0.29) is 12.3 Å². The Morgan fingerprint density at radius 2 is 1.83 bits per heavy atom. The van der Waals surface area contributed by atoms with Crippen molar-refractivity contribution in [1.82, 2.24) is 5.43 Å². The van der Waals surface area contributed by atoms with Gasteiger partial charge in [-0.2, -0.15) is 5.10 Å². The molecule has 2 aromatic carbocycles. The fourth-order valence-electron chi connectivity index (χ4n) is 2.39. The van der Waals surface area contributed by atoms with Gasteiger partial charge in [0.2, 0.25) is 5.91 Å². The molecular weight excluding hydrogens is 288 g/mol. The second-order valence-corrected chi connectivity index (χ2v) is 5.58. The van der Waals surface area contributed by atoms with Gasteiger partial charge < -0.3 is 4.74 Å². The monoisotopic (exact) mass is 310 g/mol. The first-order valence-electron chi connectivity index (χ1n) is 7.53. The standard InChI is InChI=1S/C19H22N2O2/c1-13-5-10-18(14(2)11-13)15(3)20-21-19(22)12-16-6-8-17(23-4)9-7-16/h5-11H,12H2,1-4H3,(H,21,22)/b20-15-. The van der Waals surface area contributed by atoms with Gasteiger partial charge in [0.1, 0.15) is 5.75 Å². The van der Waals surface area contributed by atoms with Gasteiger partial charge in [0.05, 0.1) is 19.2 Å². The number of nitrogens with one attached hydrogen (secondary N) is 1. The number of hydrogen-bond acceptors (Lipinski definition) is 3. The summed E-state index contributed by atoms with van der Waals surface area (Å²) in [5.74, 6) is 0.636. The fourth-order valence-corrected chi connectivity index (χ4v) is 2.39. The quantitative estimate of drug-likeness (QED) is 0.680. The number of hydrazone groups is 1. The number of nitrogens with zero attached hydrogens (tertiary/aromatic N) is 1. The molecule has 0 aromatic heterocycles. The van der Waals surface area contributed by atoms with Gasteiger partial charge in [0, 0.05) is 5.56 Å². The summed E-state index contributed by atoms with van der Waals surface area (Å²) in [5.41, 5.74) is 7.74. The van der Waals surface area contributed by atoms with Crippen LogP contribution in [0.15, 0.2) is 47.6 Å². The summed E-state index contributed by atoms with van der Waals surface area (Å²) in [6, 6.07) is 13.6. The van der Waals surface area contributed by atoms with E-state index >= 15 is 0 Å². The predicted molar refractivity (Wildman–Crippen MR) is 93.0 cm³/mol. The second kappa shape index (κ2) is 7.58. The summed E-state index contributed by atoms with van der Waals surface area (Å²) in [5, 5.41) is 4.21. The molecule has 1 N–H and O–H groups in total. The molecule has 0 aliphatic heterocycles. The minimum Gasteiger partial charge on any atom is -0.497 e. The lowest BCUT2D eigenvalue weighted by Gasteiger charge is -2.07. The molecule has 0 unspecified atom stereocenters. The number of rotatable bonds is 5. The Morgan fingerprint density at radius 3 is 2.43 bits per heavy atom. The van der Waals surface area contributed by atoms with Crippen molar-refractivity contribution >= 4 is 11.6 Å². The summed E-state index contributed by atoms with van der Waals surface area (Å²) < 4.78 is 5.10. The van der Waals surface area contributed by atoms with Crippen LogP contribution in [-0.4, -0.2) is 18.7 Å². The zero-order valence-corrected chi connectivity index (χ0v) is 14.0. The number of hydrogen-bond donors (Lipinski definition) is 1. The number of carbonyl (C=O) groups excluding carboxylic acids is 1. The van der Waals surface area contributed by atoms with Crippen molar-refractivity contribution in [3.05, 3.63) is 64.7 Å². The molecule has 0 heterocycles. The number of benzene rings is 2. The van der Waals surface area contributed by atoms with E-state index in [4.69, 9.17) is 4.74 Å². The van der Waals surface area contributed by atoms with Crippen molar-refractivity contribution in [2.75, 3.05) is 7.11 Å². The van der Waals surface area contributed by atoms with Crippen LogP contribution in [0.25, 0.3) is 0 Å². The average Bonchev–Trinajstić information content (AvgIpc) is 2.53. The fraction of sp³-hybridized carbons (Fsp3) is 0.263. The van der Waals surface area contributed by atoms with Gasteiger partial charge in [0.25, 0.3) is 0 Å². The smallest absolute Gasteiger partial charge is 0.244 e. The highest BCUT2D eigenvalue weighted by Crippen LogP contribution is 2.12. The number of amides is 1. The normalized spacial score (nSPS) is 11.2. The molecule has 0 radical (unpaired) electrons. The molecule has 120 valence electrons. The first-order valence-corrected chi connectivity index (χ1v) is 7.53. The first kappa shape index (κ1) is 16.7. The van der Waals surface area contributed by atoms with Crippen LogP contribution in [0.5, 0.6) is 5.75 Å². The molecule has 2 aromatic rings. The zero-order chi connectivity index (χ0) is 16.8.